The molecule has 2 atom stereocenters. The Morgan fingerprint density at radius 1 is 0.583 bits per heavy atom. The standard InChI is InChI=1S/C2H2B10/c3-1-2(3)5-7-9-11-12-10-8-6-4-1/h1-2H/t1-,2-/m0/s1. The van der Waals surface area contributed by atoms with Crippen molar-refractivity contribution in [3.8, 4) is 0 Å². The van der Waals surface area contributed by atoms with Gasteiger partial charge in [0.1, 0.15) is 0 Å². The molecular formula is C2H2B10. The summed E-state index contributed by atoms with van der Waals surface area (Å²) in [5, 5.41) is 0. The Bertz CT molecular complexity index is 176. The number of hydrogen-bond acceptors (Lipinski definition) is 0. The van der Waals surface area contributed by atoms with Crippen LogP contribution in [-0.2, 0) is 0 Å². The first-order valence-corrected chi connectivity index (χ1v) is 4.33. The summed E-state index contributed by atoms with van der Waals surface area (Å²) < 4.78 is 0. The Hall–Kier alpha value is 0.649. The molecule has 0 N–H and O–H groups in total. The van der Waals surface area contributed by atoms with E-state index >= 15 is 0 Å². The van der Waals surface area contributed by atoms with Crippen LogP contribution < -0.4 is 0 Å². The monoisotopic (exact) mass is 136 g/mol. The van der Waals surface area contributed by atoms with Crippen molar-refractivity contribution in [3.63, 3.8) is 0 Å². The first kappa shape index (κ1) is 9.21. The molecule has 0 aromatic rings. The zero-order valence-corrected chi connectivity index (χ0v) is 6.93. The summed E-state index contributed by atoms with van der Waals surface area (Å²) in [5.41, 5.74) is 1.36. The van der Waals surface area contributed by atoms with Crippen molar-refractivity contribution in [2.24, 2.45) is 0 Å². The van der Waals surface area contributed by atoms with E-state index in [4.69, 9.17) is 0 Å². The van der Waals surface area contributed by atoms with Crippen molar-refractivity contribution in [1.29, 1.82) is 0 Å². The molecule has 2 rings (SSSR count). The molecule has 0 bridgehead atoms. The van der Waals surface area contributed by atoms with E-state index in [0.717, 1.165) is 0 Å². The average molecular weight is 134 g/mol. The van der Waals surface area contributed by atoms with Crippen LogP contribution in [0.2, 0.25) is 11.4 Å². The van der Waals surface area contributed by atoms with Gasteiger partial charge >= 0.3 is 81.0 Å². The molecule has 0 amide bonds. The van der Waals surface area contributed by atoms with Crippen LogP contribution in [0.3, 0.4) is 0 Å². The molecular weight excluding hydrogens is 132 g/mol. The zero-order chi connectivity index (χ0) is 8.23. The van der Waals surface area contributed by atoms with Crippen molar-refractivity contribution in [2.75, 3.05) is 0 Å². The Labute approximate surface area is 81.4 Å². The topological polar surface area (TPSA) is 0 Å². The fourth-order valence-corrected chi connectivity index (χ4v) is 1.28. The van der Waals surface area contributed by atoms with E-state index in [1.54, 1.807) is 0 Å². The minimum atomic E-state index is 0.678. The molecule has 2 aliphatic heterocycles. The van der Waals surface area contributed by atoms with Crippen LogP contribution >= 0.6 is 0 Å². The van der Waals surface area contributed by atoms with E-state index in [-0.39, 0.29) is 0 Å². The summed E-state index contributed by atoms with van der Waals surface area (Å²) >= 11 is 0. The van der Waals surface area contributed by atoms with Gasteiger partial charge in [-0.3, -0.25) is 0 Å². The van der Waals surface area contributed by atoms with E-state index in [1.807, 2.05) is 21.2 Å². The second-order valence-corrected chi connectivity index (χ2v) is 3.08. The quantitative estimate of drug-likeness (QED) is 0.307. The minimum absolute atomic E-state index is 0.678. The number of rotatable bonds is 0. The molecule has 2 heterocycles. The maximum absolute atomic E-state index is 2.33. The maximum atomic E-state index is 2.33. The molecule has 0 aromatic heterocycles. The van der Waals surface area contributed by atoms with Gasteiger partial charge in [0.15, 0.2) is 0 Å². The fraction of sp³-hybridized carbons (Fsp3) is 1.00. The van der Waals surface area contributed by atoms with Crippen molar-refractivity contribution >= 4 is 69.6 Å². The van der Waals surface area contributed by atoms with Gasteiger partial charge in [-0.2, -0.15) is 0 Å². The third-order valence-electron chi connectivity index (χ3n) is 2.08. The van der Waals surface area contributed by atoms with Gasteiger partial charge in [0.05, 0.1) is 0 Å². The Kier molecular flexibility index (Phi) is 3.66. The van der Waals surface area contributed by atoms with Crippen molar-refractivity contribution < 1.29 is 0 Å². The van der Waals surface area contributed by atoms with Gasteiger partial charge in [-0.05, 0) is 0 Å². The molecule has 2 aliphatic rings. The van der Waals surface area contributed by atoms with Crippen LogP contribution in [0.25, 0.3) is 0 Å². The van der Waals surface area contributed by atoms with Crippen molar-refractivity contribution in [3.05, 3.63) is 0 Å². The molecule has 0 aliphatic carbocycles. The van der Waals surface area contributed by atoms with Gasteiger partial charge < -0.3 is 0 Å². The Morgan fingerprint density at radius 3 is 1.67 bits per heavy atom. The molecule has 0 nitrogen and oxygen atoms in total. The van der Waals surface area contributed by atoms with Gasteiger partial charge in [0, 0.05) is 0 Å². The molecule has 12 heavy (non-hydrogen) atoms. The van der Waals surface area contributed by atoms with Gasteiger partial charge in [-0.15, -0.1) is 0 Å². The molecule has 0 aromatic carbocycles. The van der Waals surface area contributed by atoms with Gasteiger partial charge in [-0.25, -0.2) is 0 Å². The summed E-state index contributed by atoms with van der Waals surface area (Å²) in [6.07, 6.45) is 0. The van der Waals surface area contributed by atoms with Crippen LogP contribution in [0.15, 0.2) is 0 Å². The third kappa shape index (κ3) is 2.85. The number of fused-ring (bicyclic) bond motifs is 1. The second-order valence-electron chi connectivity index (χ2n) is 3.08. The SMILES string of the molecule is [B]1[B][B]B=B[C@@H]2[B][C@H]2B=B[B][B]1. The molecule has 40 valence electrons. The molecule has 0 saturated carbocycles. The normalized spacial score (nSPS) is 28.7. The van der Waals surface area contributed by atoms with Crippen LogP contribution in [0.5, 0.6) is 0 Å². The van der Waals surface area contributed by atoms with Crippen LogP contribution in [-0.4, -0.2) is 69.6 Å². The van der Waals surface area contributed by atoms with Gasteiger partial charge in [0.2, 0.25) is 0 Å². The third-order valence-corrected chi connectivity index (χ3v) is 2.08. The summed E-state index contributed by atoms with van der Waals surface area (Å²) in [4.78, 5) is 0. The van der Waals surface area contributed by atoms with E-state index in [0.29, 0.717) is 11.4 Å². The van der Waals surface area contributed by atoms with E-state index in [2.05, 4.69) is 48.4 Å². The summed E-state index contributed by atoms with van der Waals surface area (Å²) in [6, 6.07) is 0. The molecule has 6 radical (unpaired) electrons. The fourth-order valence-electron chi connectivity index (χ4n) is 1.28. The summed E-state index contributed by atoms with van der Waals surface area (Å²) in [7, 11) is 12.6. The summed E-state index contributed by atoms with van der Waals surface area (Å²) in [5.74, 6) is 0. The predicted octanol–water partition coefficient (Wildman–Crippen LogP) is -3.13. The van der Waals surface area contributed by atoms with Crippen molar-refractivity contribution in [2.45, 2.75) is 11.4 Å². The van der Waals surface area contributed by atoms with Gasteiger partial charge in [0.25, 0.3) is 0 Å². The predicted molar refractivity (Wildman–Crippen MR) is 65.0 cm³/mol. The number of hydrogen-bond donors (Lipinski definition) is 0. The summed E-state index contributed by atoms with van der Waals surface area (Å²) in [6.45, 7) is 8.71. The molecule has 0 spiro atoms. The average Bonchev–Trinajstić information content (AvgIpc) is 2.78. The second kappa shape index (κ2) is 4.77. The molecule has 1 fully saturated rings. The van der Waals surface area contributed by atoms with Crippen LogP contribution in [0.4, 0.5) is 0 Å². The first-order chi connectivity index (χ1) is 5.97. The molecule has 0 unspecified atom stereocenters. The van der Waals surface area contributed by atoms with Crippen molar-refractivity contribution in [1.82, 2.24) is 0 Å². The van der Waals surface area contributed by atoms with E-state index < -0.39 is 0 Å². The Balaban J connectivity index is 1.87. The molecule has 10 heteroatoms. The van der Waals surface area contributed by atoms with E-state index in [1.165, 1.54) is 0 Å². The van der Waals surface area contributed by atoms with Crippen LogP contribution in [0.1, 0.15) is 0 Å². The van der Waals surface area contributed by atoms with Gasteiger partial charge in [-0.1, -0.05) is 0 Å². The zero-order valence-electron chi connectivity index (χ0n) is 6.93. The van der Waals surface area contributed by atoms with Crippen LogP contribution in [0, 0.1) is 0 Å². The Morgan fingerprint density at radius 2 is 1.08 bits per heavy atom. The van der Waals surface area contributed by atoms with E-state index in [9.17, 15) is 0 Å². The first-order valence-electron chi connectivity index (χ1n) is 4.33. The molecule has 1 saturated heterocycles.